The molecular formula is C52H38. The Morgan fingerprint density at radius 1 is 0.500 bits per heavy atom. The van der Waals surface area contributed by atoms with Crippen LogP contribution >= 0.6 is 0 Å². The van der Waals surface area contributed by atoms with Gasteiger partial charge in [0.15, 0.2) is 0 Å². The predicted molar refractivity (Wildman–Crippen MR) is 225 cm³/mol. The molecule has 0 saturated carbocycles. The van der Waals surface area contributed by atoms with Gasteiger partial charge >= 0.3 is 0 Å². The third kappa shape index (κ3) is 3.88. The normalized spacial score (nSPS) is 18.6. The molecule has 0 radical (unpaired) electrons. The zero-order chi connectivity index (χ0) is 33.9. The van der Waals surface area contributed by atoms with Crippen LogP contribution in [0.4, 0.5) is 0 Å². The van der Waals surface area contributed by atoms with E-state index in [4.69, 9.17) is 0 Å². The minimum atomic E-state index is 0.303. The summed E-state index contributed by atoms with van der Waals surface area (Å²) < 4.78 is 0. The van der Waals surface area contributed by atoms with E-state index in [2.05, 4.69) is 146 Å². The summed E-state index contributed by atoms with van der Waals surface area (Å²) in [5, 5.41) is 21.3. The SMILES string of the molecule is C1=CCC(c2c3cc4c(cc3c(-c3ccccc3)c3c5cccc6cccc(c23)c65)c2c3c(c5cccc(C6C=CCCC6)c5cc34)CCC=2)C=C1. The van der Waals surface area contributed by atoms with Gasteiger partial charge in [-0.25, -0.2) is 0 Å². The van der Waals surface area contributed by atoms with E-state index in [-0.39, 0.29) is 0 Å². The van der Waals surface area contributed by atoms with Crippen molar-refractivity contribution in [3.8, 4) is 11.1 Å². The molecule has 2 atom stereocenters. The third-order valence-corrected chi connectivity index (χ3v) is 12.9. The van der Waals surface area contributed by atoms with E-state index >= 15 is 0 Å². The molecule has 246 valence electrons. The number of allylic oxidation sites excluding steroid dienone is 6. The molecule has 0 nitrogen and oxygen atoms in total. The number of hydrogen-bond donors (Lipinski definition) is 0. The van der Waals surface area contributed by atoms with Gasteiger partial charge in [-0.15, -0.1) is 0 Å². The van der Waals surface area contributed by atoms with Crippen molar-refractivity contribution in [3.05, 3.63) is 161 Å². The van der Waals surface area contributed by atoms with Gasteiger partial charge in [-0.1, -0.05) is 127 Å². The second-order valence-electron chi connectivity index (χ2n) is 15.6. The van der Waals surface area contributed by atoms with Gasteiger partial charge in [0, 0.05) is 11.8 Å². The molecular weight excluding hydrogens is 625 g/mol. The molecule has 0 bridgehead atoms. The summed E-state index contributed by atoms with van der Waals surface area (Å²) in [6.45, 7) is 0. The van der Waals surface area contributed by atoms with Crippen molar-refractivity contribution in [3.63, 3.8) is 0 Å². The standard InChI is InChI=1S/C52H38/c1-4-14-31(15-5-1)35-22-12-23-36-37-24-13-25-38-42-29-45-46(30-43(42)44(50(37)38)28-41(35)36)49(34-18-8-3-9-19-34)52-40-27-11-21-32-20-10-26-39(47(32)40)51(52)48(45)33-16-6-2-7-17-33/h2-4,6-12,14,16-18,20-23,25-31,34H,1,5,13,15,19,24H2. The van der Waals surface area contributed by atoms with Gasteiger partial charge in [-0.3, -0.25) is 0 Å². The highest BCUT2D eigenvalue weighted by Gasteiger charge is 2.28. The summed E-state index contributed by atoms with van der Waals surface area (Å²) in [7, 11) is 0. The molecule has 3 aliphatic carbocycles. The van der Waals surface area contributed by atoms with Crippen LogP contribution in [-0.4, -0.2) is 0 Å². The lowest BCUT2D eigenvalue weighted by Gasteiger charge is -2.22. The van der Waals surface area contributed by atoms with Crippen molar-refractivity contribution < 1.29 is 0 Å². The predicted octanol–water partition coefficient (Wildman–Crippen LogP) is 13.7. The lowest BCUT2D eigenvalue weighted by Crippen LogP contribution is -2.08. The summed E-state index contributed by atoms with van der Waals surface area (Å²) in [6, 6.07) is 40.1. The maximum Gasteiger partial charge on any atom is 0.00682 e. The fourth-order valence-electron chi connectivity index (χ4n) is 10.8. The Labute approximate surface area is 303 Å². The quantitative estimate of drug-likeness (QED) is 0.165. The number of hydrogen-bond acceptors (Lipinski definition) is 0. The zero-order valence-corrected chi connectivity index (χ0v) is 29.3. The van der Waals surface area contributed by atoms with Crippen molar-refractivity contribution in [1.29, 1.82) is 0 Å². The van der Waals surface area contributed by atoms with E-state index < -0.39 is 0 Å². The van der Waals surface area contributed by atoms with Crippen LogP contribution in [-0.2, 0) is 6.42 Å². The molecule has 0 N–H and O–H groups in total. The van der Waals surface area contributed by atoms with Crippen LogP contribution in [0.2, 0.25) is 0 Å². The molecule has 0 heterocycles. The number of benzene rings is 7. The van der Waals surface area contributed by atoms with Gasteiger partial charge in [-0.2, -0.15) is 0 Å². The first kappa shape index (κ1) is 28.9. The van der Waals surface area contributed by atoms with Crippen LogP contribution in [0.15, 0.2) is 140 Å². The Bertz CT molecular complexity index is 3110. The minimum Gasteiger partial charge on any atom is -0.0879 e. The Morgan fingerprint density at radius 3 is 2.13 bits per heavy atom. The molecule has 0 heteroatoms. The van der Waals surface area contributed by atoms with Gasteiger partial charge in [-0.05, 0) is 165 Å². The van der Waals surface area contributed by atoms with Gasteiger partial charge < -0.3 is 0 Å². The lowest BCUT2D eigenvalue weighted by molar-refractivity contribution is 0.657. The average Bonchev–Trinajstić information content (AvgIpc) is 3.71. The Hall–Kier alpha value is -5.72. The Kier molecular flexibility index (Phi) is 6.06. The van der Waals surface area contributed by atoms with Crippen molar-refractivity contribution in [2.45, 2.75) is 50.4 Å². The Morgan fingerprint density at radius 2 is 1.31 bits per heavy atom. The molecule has 0 fully saturated rings. The summed E-state index contributed by atoms with van der Waals surface area (Å²) in [4.78, 5) is 0. The van der Waals surface area contributed by atoms with Gasteiger partial charge in [0.1, 0.15) is 0 Å². The van der Waals surface area contributed by atoms with Crippen LogP contribution in [0.1, 0.15) is 60.6 Å². The van der Waals surface area contributed by atoms with Gasteiger partial charge in [0.05, 0.1) is 0 Å². The number of rotatable bonds is 3. The number of aryl methyl sites for hydroxylation is 1. The van der Waals surface area contributed by atoms with Crippen LogP contribution in [0.3, 0.4) is 0 Å². The molecule has 0 aromatic heterocycles. The van der Waals surface area contributed by atoms with Crippen molar-refractivity contribution in [1.82, 2.24) is 0 Å². The minimum absolute atomic E-state index is 0.303. The smallest absolute Gasteiger partial charge is 0.00682 e. The van der Waals surface area contributed by atoms with E-state index in [0.29, 0.717) is 11.8 Å². The summed E-state index contributed by atoms with van der Waals surface area (Å²) in [6.07, 6.45) is 23.7. The summed E-state index contributed by atoms with van der Waals surface area (Å²) in [5.41, 5.74) is 7.22. The largest absolute Gasteiger partial charge is 0.0879 e. The second kappa shape index (κ2) is 10.9. The van der Waals surface area contributed by atoms with E-state index in [1.165, 1.54) is 122 Å². The second-order valence-corrected chi connectivity index (χ2v) is 15.6. The first-order valence-electron chi connectivity index (χ1n) is 19.4. The molecule has 9 aromatic carbocycles. The summed E-state index contributed by atoms with van der Waals surface area (Å²) >= 11 is 0. The molecule has 0 saturated heterocycles. The monoisotopic (exact) mass is 662 g/mol. The highest BCUT2D eigenvalue weighted by Crippen LogP contribution is 2.52. The van der Waals surface area contributed by atoms with E-state index in [0.717, 1.165) is 19.3 Å². The van der Waals surface area contributed by atoms with Crippen LogP contribution < -0.4 is 5.22 Å². The van der Waals surface area contributed by atoms with Gasteiger partial charge in [0.2, 0.25) is 0 Å². The first-order valence-corrected chi connectivity index (χ1v) is 19.4. The highest BCUT2D eigenvalue weighted by molar-refractivity contribution is 6.38. The van der Waals surface area contributed by atoms with Crippen LogP contribution in [0, 0.1) is 0 Å². The first-order chi connectivity index (χ1) is 25.8. The molecule has 0 aliphatic heterocycles. The topological polar surface area (TPSA) is 0 Å². The fraction of sp³-hybridized carbons (Fsp3) is 0.154. The fourth-order valence-corrected chi connectivity index (χ4v) is 10.8. The van der Waals surface area contributed by atoms with Crippen molar-refractivity contribution in [2.75, 3.05) is 0 Å². The molecule has 9 aromatic rings. The molecule has 12 rings (SSSR count). The van der Waals surface area contributed by atoms with Crippen LogP contribution in [0.5, 0.6) is 0 Å². The maximum absolute atomic E-state index is 2.63. The molecule has 0 spiro atoms. The molecule has 3 aliphatic rings. The van der Waals surface area contributed by atoms with Gasteiger partial charge in [0.25, 0.3) is 0 Å². The Balaban J connectivity index is 1.31. The molecule has 52 heavy (non-hydrogen) atoms. The van der Waals surface area contributed by atoms with E-state index in [1.807, 2.05) is 0 Å². The lowest BCUT2D eigenvalue weighted by atomic mass is 9.81. The third-order valence-electron chi connectivity index (χ3n) is 12.9. The van der Waals surface area contributed by atoms with Crippen molar-refractivity contribution >= 4 is 81.5 Å². The van der Waals surface area contributed by atoms with Crippen LogP contribution in [0.25, 0.3) is 92.6 Å². The molecule has 2 unspecified atom stereocenters. The number of fused-ring (bicyclic) bond motifs is 9. The molecule has 0 amide bonds. The van der Waals surface area contributed by atoms with Crippen molar-refractivity contribution in [2.24, 2.45) is 0 Å². The maximum atomic E-state index is 2.63. The van der Waals surface area contributed by atoms with E-state index in [9.17, 15) is 0 Å². The zero-order valence-electron chi connectivity index (χ0n) is 29.3. The summed E-state index contributed by atoms with van der Waals surface area (Å²) in [5.74, 6) is 0.800. The highest BCUT2D eigenvalue weighted by atomic mass is 14.3. The van der Waals surface area contributed by atoms with E-state index in [1.54, 1.807) is 5.56 Å². The average molecular weight is 663 g/mol.